The van der Waals surface area contributed by atoms with Crippen LogP contribution in [-0.2, 0) is 11.2 Å². The maximum atomic E-state index is 12.9. The van der Waals surface area contributed by atoms with Crippen LogP contribution >= 0.6 is 0 Å². The van der Waals surface area contributed by atoms with Gasteiger partial charge in [-0.3, -0.25) is 4.79 Å². The highest BCUT2D eigenvalue weighted by molar-refractivity contribution is 5.79. The quantitative estimate of drug-likeness (QED) is 0.906. The minimum Gasteiger partial charge on any atom is -0.497 e. The number of benzene rings is 1. The Labute approximate surface area is 148 Å². The number of nitrogens with one attached hydrogen (secondary N) is 1. The van der Waals surface area contributed by atoms with E-state index in [1.807, 2.05) is 49.2 Å². The third-order valence-corrected chi connectivity index (χ3v) is 4.52. The summed E-state index contributed by atoms with van der Waals surface area (Å²) in [6, 6.07) is 9.63. The van der Waals surface area contributed by atoms with Crippen LogP contribution in [0.2, 0.25) is 0 Å². The van der Waals surface area contributed by atoms with Gasteiger partial charge in [-0.15, -0.1) is 0 Å². The van der Waals surface area contributed by atoms with Gasteiger partial charge in [0.2, 0.25) is 5.91 Å². The van der Waals surface area contributed by atoms with Crippen molar-refractivity contribution < 1.29 is 9.53 Å². The Morgan fingerprint density at radius 2 is 2.20 bits per heavy atom. The van der Waals surface area contributed by atoms with Gasteiger partial charge in [-0.05, 0) is 37.5 Å². The maximum absolute atomic E-state index is 12.9. The largest absolute Gasteiger partial charge is 0.497 e. The normalized spacial score (nSPS) is 16.8. The van der Waals surface area contributed by atoms with Gasteiger partial charge in [0.05, 0.1) is 25.3 Å². The summed E-state index contributed by atoms with van der Waals surface area (Å²) >= 11 is 0. The predicted octanol–water partition coefficient (Wildman–Crippen LogP) is 2.74. The molecule has 0 aliphatic carbocycles. The van der Waals surface area contributed by atoms with Crippen molar-refractivity contribution in [2.75, 3.05) is 26.0 Å². The molecule has 1 unspecified atom stereocenters. The van der Waals surface area contributed by atoms with Crippen LogP contribution in [0.5, 0.6) is 5.75 Å². The van der Waals surface area contributed by atoms with E-state index in [1.165, 1.54) is 0 Å². The fraction of sp³-hybridized carbons (Fsp3) is 0.421. The van der Waals surface area contributed by atoms with Gasteiger partial charge >= 0.3 is 0 Å². The van der Waals surface area contributed by atoms with Crippen LogP contribution in [-0.4, -0.2) is 41.5 Å². The minimum atomic E-state index is 0.0203. The lowest BCUT2D eigenvalue weighted by molar-refractivity contribution is -0.131. The molecule has 1 aromatic carbocycles. The molecule has 6 nitrogen and oxygen atoms in total. The molecule has 2 aromatic rings. The summed E-state index contributed by atoms with van der Waals surface area (Å²) in [4.78, 5) is 23.7. The van der Waals surface area contributed by atoms with Crippen molar-refractivity contribution in [2.45, 2.75) is 32.2 Å². The molecular formula is C19H24N4O2. The number of ether oxygens (including phenoxy) is 1. The van der Waals surface area contributed by atoms with E-state index in [4.69, 9.17) is 4.74 Å². The monoisotopic (exact) mass is 340 g/mol. The predicted molar refractivity (Wildman–Crippen MR) is 96.7 cm³/mol. The van der Waals surface area contributed by atoms with Gasteiger partial charge in [0.15, 0.2) is 0 Å². The first-order valence-electron chi connectivity index (χ1n) is 8.56. The Balaban J connectivity index is 1.78. The second-order valence-corrected chi connectivity index (χ2v) is 6.25. The Bertz CT molecular complexity index is 763. The Kier molecular flexibility index (Phi) is 5.16. The van der Waals surface area contributed by atoms with Crippen molar-refractivity contribution in [2.24, 2.45) is 0 Å². The smallest absolute Gasteiger partial charge is 0.227 e. The number of carbonyl (C=O) groups is 1. The van der Waals surface area contributed by atoms with Crippen molar-refractivity contribution in [1.29, 1.82) is 0 Å². The summed E-state index contributed by atoms with van der Waals surface area (Å²) < 4.78 is 5.24. The maximum Gasteiger partial charge on any atom is 0.227 e. The Morgan fingerprint density at radius 1 is 1.36 bits per heavy atom. The lowest BCUT2D eigenvalue weighted by Gasteiger charge is -2.25. The third-order valence-electron chi connectivity index (χ3n) is 4.52. The third kappa shape index (κ3) is 3.90. The van der Waals surface area contributed by atoms with Gasteiger partial charge in [-0.1, -0.05) is 12.1 Å². The summed E-state index contributed by atoms with van der Waals surface area (Å²) in [5.41, 5.74) is 1.87. The van der Waals surface area contributed by atoms with Crippen molar-refractivity contribution in [3.63, 3.8) is 0 Å². The number of nitrogens with zero attached hydrogens (tertiary/aromatic N) is 3. The standard InChI is InChI=1S/C19H24N4O2/c1-13-21-16(12-18(20-2)22-13)17-8-5-9-23(17)19(24)11-14-6-4-7-15(10-14)25-3/h4,6-7,10,12,17H,5,8-9,11H2,1-3H3,(H,20,21,22). The first-order chi connectivity index (χ1) is 12.1. The van der Waals surface area contributed by atoms with Gasteiger partial charge in [-0.2, -0.15) is 0 Å². The second kappa shape index (κ2) is 7.51. The van der Waals surface area contributed by atoms with Crippen LogP contribution < -0.4 is 10.1 Å². The van der Waals surface area contributed by atoms with Crippen LogP contribution in [0, 0.1) is 6.92 Å². The Hall–Kier alpha value is -2.63. The van der Waals surface area contributed by atoms with Crippen LogP contribution in [0.1, 0.15) is 36.0 Å². The molecule has 3 rings (SSSR count). The van der Waals surface area contributed by atoms with Gasteiger partial charge < -0.3 is 15.0 Å². The number of rotatable bonds is 5. The lowest BCUT2D eigenvalue weighted by atomic mass is 10.1. The summed E-state index contributed by atoms with van der Waals surface area (Å²) in [6.07, 6.45) is 2.30. The van der Waals surface area contributed by atoms with Crippen LogP contribution in [0.15, 0.2) is 30.3 Å². The highest BCUT2D eigenvalue weighted by Gasteiger charge is 2.31. The van der Waals surface area contributed by atoms with E-state index in [2.05, 4.69) is 15.3 Å². The number of anilines is 1. The van der Waals surface area contributed by atoms with E-state index < -0.39 is 0 Å². The molecule has 1 amide bonds. The van der Waals surface area contributed by atoms with Crippen molar-refractivity contribution >= 4 is 11.7 Å². The van der Waals surface area contributed by atoms with Gasteiger partial charge in [0.25, 0.3) is 0 Å². The molecule has 25 heavy (non-hydrogen) atoms. The molecule has 0 saturated carbocycles. The van der Waals surface area contributed by atoms with E-state index in [-0.39, 0.29) is 11.9 Å². The topological polar surface area (TPSA) is 67.4 Å². The first-order valence-corrected chi connectivity index (χ1v) is 8.56. The van der Waals surface area contributed by atoms with Crippen molar-refractivity contribution in [3.05, 3.63) is 47.4 Å². The van der Waals surface area contributed by atoms with E-state index >= 15 is 0 Å². The average molecular weight is 340 g/mol. The molecule has 0 spiro atoms. The zero-order valence-corrected chi connectivity index (χ0v) is 15.0. The van der Waals surface area contributed by atoms with Gasteiger partial charge in [0, 0.05) is 19.7 Å². The van der Waals surface area contributed by atoms with E-state index in [1.54, 1.807) is 7.11 Å². The number of amides is 1. The fourth-order valence-electron chi connectivity index (χ4n) is 3.32. The molecule has 1 fully saturated rings. The molecule has 6 heteroatoms. The summed E-state index contributed by atoms with van der Waals surface area (Å²) in [5.74, 6) is 2.40. The van der Waals surface area contributed by atoms with Crippen LogP contribution in [0.25, 0.3) is 0 Å². The number of aryl methyl sites for hydroxylation is 1. The van der Waals surface area contributed by atoms with E-state index in [9.17, 15) is 4.79 Å². The summed E-state index contributed by atoms with van der Waals surface area (Å²) in [5, 5.41) is 3.06. The number of hydrogen-bond acceptors (Lipinski definition) is 5. The molecule has 1 saturated heterocycles. The SMILES string of the molecule is CNc1cc(C2CCCN2C(=O)Cc2cccc(OC)c2)nc(C)n1. The Morgan fingerprint density at radius 3 is 2.96 bits per heavy atom. The van der Waals surface area contributed by atoms with Crippen LogP contribution in [0.3, 0.4) is 0 Å². The van der Waals surface area contributed by atoms with E-state index in [0.717, 1.165) is 42.2 Å². The van der Waals surface area contributed by atoms with Crippen molar-refractivity contribution in [3.8, 4) is 5.75 Å². The second-order valence-electron chi connectivity index (χ2n) is 6.25. The average Bonchev–Trinajstić information content (AvgIpc) is 3.11. The molecule has 132 valence electrons. The molecule has 1 N–H and O–H groups in total. The van der Waals surface area contributed by atoms with Gasteiger partial charge in [-0.25, -0.2) is 9.97 Å². The molecular weight excluding hydrogens is 316 g/mol. The lowest BCUT2D eigenvalue weighted by Crippen LogP contribution is -2.32. The number of aromatic nitrogens is 2. The number of hydrogen-bond donors (Lipinski definition) is 1. The zero-order valence-electron chi connectivity index (χ0n) is 15.0. The molecule has 2 heterocycles. The fourth-order valence-corrected chi connectivity index (χ4v) is 3.32. The van der Waals surface area contributed by atoms with Gasteiger partial charge in [0.1, 0.15) is 17.4 Å². The van der Waals surface area contributed by atoms with Crippen LogP contribution in [0.4, 0.5) is 5.82 Å². The highest BCUT2D eigenvalue weighted by atomic mass is 16.5. The number of methoxy groups -OCH3 is 1. The summed E-state index contributed by atoms with van der Waals surface area (Å²) in [6.45, 7) is 2.65. The molecule has 1 aromatic heterocycles. The van der Waals surface area contributed by atoms with E-state index in [0.29, 0.717) is 12.2 Å². The number of carbonyl (C=O) groups excluding carboxylic acids is 1. The molecule has 1 atom stereocenters. The van der Waals surface area contributed by atoms with Crippen molar-refractivity contribution in [1.82, 2.24) is 14.9 Å². The molecule has 0 radical (unpaired) electrons. The highest BCUT2D eigenvalue weighted by Crippen LogP contribution is 2.32. The number of likely N-dealkylation sites (tertiary alicyclic amines) is 1. The zero-order chi connectivity index (χ0) is 17.8. The summed E-state index contributed by atoms with van der Waals surface area (Å²) in [7, 11) is 3.47. The molecule has 0 bridgehead atoms. The molecule has 1 aliphatic heterocycles. The molecule has 1 aliphatic rings. The minimum absolute atomic E-state index is 0.0203. The first kappa shape index (κ1) is 17.2.